The molecule has 2 saturated carbocycles. The normalized spacial score (nSPS) is 38.7. The zero-order valence-electron chi connectivity index (χ0n) is 16.7. The van der Waals surface area contributed by atoms with E-state index in [4.69, 9.17) is 4.74 Å². The van der Waals surface area contributed by atoms with Crippen molar-refractivity contribution in [1.82, 2.24) is 10.2 Å². The molecule has 4 aliphatic rings. The third-order valence-corrected chi connectivity index (χ3v) is 7.64. The Labute approximate surface area is 162 Å². The number of allylic oxidation sites excluding steroid dienone is 1. The minimum Gasteiger partial charge on any atom is -0.462 e. The second-order valence-electron chi connectivity index (χ2n) is 9.45. The zero-order chi connectivity index (χ0) is 19.0. The van der Waals surface area contributed by atoms with Crippen molar-refractivity contribution in [1.29, 1.82) is 0 Å². The Morgan fingerprint density at radius 3 is 2.93 bits per heavy atom. The van der Waals surface area contributed by atoms with E-state index in [2.05, 4.69) is 18.8 Å². The van der Waals surface area contributed by atoms with Gasteiger partial charge in [-0.25, -0.2) is 0 Å². The molecule has 150 valence electrons. The van der Waals surface area contributed by atoms with Crippen LogP contribution in [0.4, 0.5) is 0 Å². The van der Waals surface area contributed by atoms with Gasteiger partial charge in [-0.15, -0.1) is 0 Å². The highest BCUT2D eigenvalue weighted by Gasteiger charge is 2.54. The highest BCUT2D eigenvalue weighted by Crippen LogP contribution is 2.56. The summed E-state index contributed by atoms with van der Waals surface area (Å²) >= 11 is 0. The summed E-state index contributed by atoms with van der Waals surface area (Å²) in [4.78, 5) is 26.1. The molecule has 2 heterocycles. The van der Waals surface area contributed by atoms with Gasteiger partial charge in [0, 0.05) is 32.0 Å². The van der Waals surface area contributed by atoms with Crippen molar-refractivity contribution in [2.75, 3.05) is 26.2 Å². The van der Waals surface area contributed by atoms with E-state index in [0.717, 1.165) is 51.7 Å². The Morgan fingerprint density at radius 2 is 2.15 bits per heavy atom. The van der Waals surface area contributed by atoms with Crippen LogP contribution in [-0.4, -0.2) is 49.1 Å². The molecule has 0 unspecified atom stereocenters. The fourth-order valence-electron chi connectivity index (χ4n) is 6.08. The molecule has 2 saturated heterocycles. The number of fused-ring (bicyclic) bond motifs is 2. The van der Waals surface area contributed by atoms with Crippen molar-refractivity contribution < 1.29 is 14.3 Å². The predicted octanol–water partition coefficient (Wildman–Crippen LogP) is 2.90. The maximum atomic E-state index is 12.5. The van der Waals surface area contributed by atoms with E-state index >= 15 is 0 Å². The number of amides is 1. The molecule has 4 rings (SSSR count). The van der Waals surface area contributed by atoms with E-state index in [1.807, 2.05) is 4.90 Å². The highest BCUT2D eigenvalue weighted by molar-refractivity contribution is 5.78. The maximum Gasteiger partial charge on any atom is 0.310 e. The van der Waals surface area contributed by atoms with Gasteiger partial charge in [0.2, 0.25) is 5.91 Å². The number of rotatable bonds is 6. The van der Waals surface area contributed by atoms with Crippen molar-refractivity contribution in [3.63, 3.8) is 0 Å². The summed E-state index contributed by atoms with van der Waals surface area (Å²) in [7, 11) is 0. The van der Waals surface area contributed by atoms with Crippen LogP contribution in [0.5, 0.6) is 0 Å². The SMILES string of the molecule is C=C1CCC[C@]2(C)C[C@H]3OC(=O)[C@H](CNCCCN4CCCC4=O)[C@H]3C[C@H]12. The molecule has 0 aromatic carbocycles. The van der Waals surface area contributed by atoms with Crippen LogP contribution in [0, 0.1) is 23.2 Å². The molecule has 1 amide bonds. The van der Waals surface area contributed by atoms with Crippen molar-refractivity contribution >= 4 is 11.9 Å². The second kappa shape index (κ2) is 7.57. The second-order valence-corrected chi connectivity index (χ2v) is 9.45. The van der Waals surface area contributed by atoms with E-state index < -0.39 is 0 Å². The molecular formula is C22H34N2O3. The number of ether oxygens (including phenoxy) is 1. The van der Waals surface area contributed by atoms with Crippen LogP contribution in [0.2, 0.25) is 0 Å². The standard InChI is InChI=1S/C22H34N2O3/c1-15-6-3-8-22(2)13-19-16(12-18(15)22)17(21(26)27-19)14-23-9-5-11-24-10-4-7-20(24)25/h16-19,23H,1,3-14H2,2H3/t16-,17-,18-,19-,22-/m1/s1. The molecule has 0 spiro atoms. The summed E-state index contributed by atoms with van der Waals surface area (Å²) in [6.07, 6.45) is 8.39. The summed E-state index contributed by atoms with van der Waals surface area (Å²) in [6, 6.07) is 0. The summed E-state index contributed by atoms with van der Waals surface area (Å²) in [5.41, 5.74) is 1.66. The number of likely N-dealkylation sites (tertiary alicyclic amines) is 1. The lowest BCUT2D eigenvalue weighted by Crippen LogP contribution is -2.45. The average molecular weight is 375 g/mol. The van der Waals surface area contributed by atoms with Gasteiger partial charge in [0.25, 0.3) is 0 Å². The first kappa shape index (κ1) is 19.0. The number of nitrogens with one attached hydrogen (secondary N) is 1. The van der Waals surface area contributed by atoms with Crippen LogP contribution in [0.3, 0.4) is 0 Å². The minimum absolute atomic E-state index is 0.0138. The zero-order valence-corrected chi connectivity index (χ0v) is 16.7. The van der Waals surface area contributed by atoms with Gasteiger partial charge < -0.3 is 15.0 Å². The topological polar surface area (TPSA) is 58.6 Å². The fourth-order valence-corrected chi connectivity index (χ4v) is 6.08. The highest BCUT2D eigenvalue weighted by atomic mass is 16.6. The molecule has 27 heavy (non-hydrogen) atoms. The van der Waals surface area contributed by atoms with Gasteiger partial charge in [0.15, 0.2) is 0 Å². The van der Waals surface area contributed by atoms with Crippen molar-refractivity contribution in [2.45, 2.75) is 64.4 Å². The number of nitrogens with zero attached hydrogens (tertiary/aromatic N) is 1. The summed E-state index contributed by atoms with van der Waals surface area (Å²) < 4.78 is 5.82. The van der Waals surface area contributed by atoms with Crippen LogP contribution in [0.1, 0.15) is 58.3 Å². The van der Waals surface area contributed by atoms with Gasteiger partial charge in [0.1, 0.15) is 6.10 Å². The lowest BCUT2D eigenvalue weighted by atomic mass is 9.55. The number of hydrogen-bond donors (Lipinski definition) is 1. The lowest BCUT2D eigenvalue weighted by Gasteiger charge is -2.50. The van der Waals surface area contributed by atoms with Crippen LogP contribution >= 0.6 is 0 Å². The van der Waals surface area contributed by atoms with E-state index in [9.17, 15) is 9.59 Å². The first-order valence-electron chi connectivity index (χ1n) is 10.8. The van der Waals surface area contributed by atoms with Crippen LogP contribution < -0.4 is 5.32 Å². The van der Waals surface area contributed by atoms with Gasteiger partial charge in [-0.3, -0.25) is 9.59 Å². The molecule has 0 aromatic heterocycles. The van der Waals surface area contributed by atoms with Gasteiger partial charge in [0.05, 0.1) is 5.92 Å². The van der Waals surface area contributed by atoms with Crippen LogP contribution in [0.15, 0.2) is 12.2 Å². The van der Waals surface area contributed by atoms with E-state index in [-0.39, 0.29) is 29.3 Å². The molecule has 5 heteroatoms. The van der Waals surface area contributed by atoms with E-state index in [1.54, 1.807) is 0 Å². The summed E-state index contributed by atoms with van der Waals surface area (Å²) in [6.45, 7) is 10.0. The molecule has 4 fully saturated rings. The third-order valence-electron chi connectivity index (χ3n) is 7.64. The van der Waals surface area contributed by atoms with Crippen molar-refractivity contribution in [2.24, 2.45) is 23.2 Å². The monoisotopic (exact) mass is 374 g/mol. The smallest absolute Gasteiger partial charge is 0.310 e. The third kappa shape index (κ3) is 3.67. The fraction of sp³-hybridized carbons (Fsp3) is 0.818. The number of carbonyl (C=O) groups is 2. The Kier molecular flexibility index (Phi) is 5.32. The van der Waals surface area contributed by atoms with Crippen LogP contribution in [0.25, 0.3) is 0 Å². The Balaban J connectivity index is 1.28. The molecule has 2 aliphatic heterocycles. The largest absolute Gasteiger partial charge is 0.462 e. The minimum atomic E-state index is -0.0253. The van der Waals surface area contributed by atoms with Gasteiger partial charge in [-0.05, 0) is 62.8 Å². The number of esters is 1. The predicted molar refractivity (Wildman–Crippen MR) is 104 cm³/mol. The molecular weight excluding hydrogens is 340 g/mol. The summed E-state index contributed by atoms with van der Waals surface area (Å²) in [5.74, 6) is 1.13. The van der Waals surface area contributed by atoms with Gasteiger partial charge >= 0.3 is 5.97 Å². The molecule has 1 N–H and O–H groups in total. The first-order valence-corrected chi connectivity index (χ1v) is 10.8. The first-order chi connectivity index (χ1) is 13.0. The molecule has 0 radical (unpaired) electrons. The van der Waals surface area contributed by atoms with Crippen molar-refractivity contribution in [3.05, 3.63) is 12.2 Å². The van der Waals surface area contributed by atoms with E-state index in [0.29, 0.717) is 24.8 Å². The number of carbonyl (C=O) groups excluding carboxylic acids is 2. The Bertz CT molecular complexity index is 619. The average Bonchev–Trinajstić information content (AvgIpc) is 3.15. The molecule has 2 aliphatic carbocycles. The van der Waals surface area contributed by atoms with Crippen LogP contribution in [-0.2, 0) is 14.3 Å². The lowest BCUT2D eigenvalue weighted by molar-refractivity contribution is -0.146. The van der Waals surface area contributed by atoms with E-state index in [1.165, 1.54) is 18.4 Å². The maximum absolute atomic E-state index is 12.5. The van der Waals surface area contributed by atoms with Gasteiger partial charge in [-0.1, -0.05) is 19.1 Å². The molecule has 0 bridgehead atoms. The van der Waals surface area contributed by atoms with Crippen molar-refractivity contribution in [3.8, 4) is 0 Å². The quantitative estimate of drug-likeness (QED) is 0.441. The molecule has 0 aromatic rings. The summed E-state index contributed by atoms with van der Waals surface area (Å²) in [5, 5.41) is 3.46. The number of hydrogen-bond acceptors (Lipinski definition) is 4. The Hall–Kier alpha value is -1.36. The van der Waals surface area contributed by atoms with Gasteiger partial charge in [-0.2, -0.15) is 0 Å². The molecule has 5 atom stereocenters. The Morgan fingerprint density at radius 1 is 1.30 bits per heavy atom. The molecule has 5 nitrogen and oxygen atoms in total.